The lowest BCUT2D eigenvalue weighted by Gasteiger charge is -2.07. The van der Waals surface area contributed by atoms with E-state index in [2.05, 4.69) is 15.6 Å². The van der Waals surface area contributed by atoms with E-state index in [1.54, 1.807) is 49.4 Å². The van der Waals surface area contributed by atoms with Crippen LogP contribution in [0.25, 0.3) is 0 Å². The third-order valence-corrected chi connectivity index (χ3v) is 2.62. The van der Waals surface area contributed by atoms with Crippen molar-refractivity contribution in [3.63, 3.8) is 0 Å². The number of nitrogens with zero attached hydrogens (tertiary/aromatic N) is 1. The molecule has 102 valence electrons. The number of rotatable bonds is 4. The van der Waals surface area contributed by atoms with E-state index < -0.39 is 0 Å². The molecule has 0 fully saturated rings. The number of amides is 2. The van der Waals surface area contributed by atoms with Crippen LogP contribution in [0, 0.1) is 0 Å². The number of benzene rings is 1. The summed E-state index contributed by atoms with van der Waals surface area (Å²) in [4.78, 5) is 27.4. The van der Waals surface area contributed by atoms with Gasteiger partial charge in [0.15, 0.2) is 0 Å². The molecule has 1 heterocycles. The number of aromatic nitrogens is 1. The van der Waals surface area contributed by atoms with Crippen molar-refractivity contribution in [3.05, 3.63) is 54.1 Å². The van der Waals surface area contributed by atoms with Crippen LogP contribution in [0.1, 0.15) is 23.7 Å². The summed E-state index contributed by atoms with van der Waals surface area (Å²) in [6.45, 7) is 1.76. The normalized spacial score (nSPS) is 9.85. The average Bonchev–Trinajstić information content (AvgIpc) is 2.48. The van der Waals surface area contributed by atoms with Crippen LogP contribution in [-0.4, -0.2) is 16.8 Å². The molecule has 1 aromatic heterocycles. The van der Waals surface area contributed by atoms with E-state index >= 15 is 0 Å². The minimum absolute atomic E-state index is 0.121. The molecule has 0 aliphatic heterocycles. The molecule has 2 N–H and O–H groups in total. The van der Waals surface area contributed by atoms with Crippen molar-refractivity contribution in [1.82, 2.24) is 4.98 Å². The lowest BCUT2D eigenvalue weighted by Crippen LogP contribution is -2.15. The standard InChI is InChI=1S/C15H15N3O2/c1-2-14(19)17-12-9-6-10-13(16-12)18-15(20)11-7-4-3-5-8-11/h3-10H,2H2,1H3,(H2,16,17,18,19,20). The Labute approximate surface area is 117 Å². The molecule has 0 atom stereocenters. The van der Waals surface area contributed by atoms with Gasteiger partial charge in [-0.2, -0.15) is 0 Å². The van der Waals surface area contributed by atoms with Crippen molar-refractivity contribution < 1.29 is 9.59 Å². The van der Waals surface area contributed by atoms with Gasteiger partial charge in [-0.1, -0.05) is 31.2 Å². The maximum atomic E-state index is 12.0. The Hall–Kier alpha value is -2.69. The summed E-state index contributed by atoms with van der Waals surface area (Å²) in [6.07, 6.45) is 0.377. The van der Waals surface area contributed by atoms with Crippen LogP contribution in [0.5, 0.6) is 0 Å². The van der Waals surface area contributed by atoms with Gasteiger partial charge in [0.1, 0.15) is 11.6 Å². The number of anilines is 2. The van der Waals surface area contributed by atoms with Crippen LogP contribution in [-0.2, 0) is 4.79 Å². The molecular formula is C15H15N3O2. The van der Waals surface area contributed by atoms with Crippen molar-refractivity contribution in [2.24, 2.45) is 0 Å². The molecule has 2 rings (SSSR count). The Morgan fingerprint density at radius 3 is 2.25 bits per heavy atom. The van der Waals surface area contributed by atoms with Crippen LogP contribution in [0.4, 0.5) is 11.6 Å². The first kappa shape index (κ1) is 13.7. The van der Waals surface area contributed by atoms with Crippen LogP contribution in [0.2, 0.25) is 0 Å². The summed E-state index contributed by atoms with van der Waals surface area (Å²) in [5, 5.41) is 5.33. The van der Waals surface area contributed by atoms with Gasteiger partial charge >= 0.3 is 0 Å². The predicted molar refractivity (Wildman–Crippen MR) is 77.6 cm³/mol. The fraction of sp³-hybridized carbons (Fsp3) is 0.133. The second-order valence-corrected chi connectivity index (χ2v) is 4.13. The predicted octanol–water partition coefficient (Wildman–Crippen LogP) is 2.68. The van der Waals surface area contributed by atoms with Crippen LogP contribution in [0.3, 0.4) is 0 Å². The minimum Gasteiger partial charge on any atom is -0.311 e. The fourth-order valence-electron chi connectivity index (χ4n) is 1.58. The fourth-order valence-corrected chi connectivity index (χ4v) is 1.58. The largest absolute Gasteiger partial charge is 0.311 e. The van der Waals surface area contributed by atoms with Crippen LogP contribution < -0.4 is 10.6 Å². The summed E-state index contributed by atoms with van der Waals surface area (Å²) in [5.74, 6) is 0.455. The van der Waals surface area contributed by atoms with Gasteiger partial charge in [0, 0.05) is 12.0 Å². The number of pyridine rings is 1. The summed E-state index contributed by atoms with van der Waals surface area (Å²) < 4.78 is 0. The van der Waals surface area contributed by atoms with E-state index in [9.17, 15) is 9.59 Å². The smallest absolute Gasteiger partial charge is 0.256 e. The van der Waals surface area contributed by atoms with Gasteiger partial charge in [0.2, 0.25) is 5.91 Å². The van der Waals surface area contributed by atoms with Gasteiger partial charge in [0.25, 0.3) is 5.91 Å². The number of nitrogens with one attached hydrogen (secondary N) is 2. The molecule has 0 unspecified atom stereocenters. The van der Waals surface area contributed by atoms with Crippen molar-refractivity contribution >= 4 is 23.5 Å². The highest BCUT2D eigenvalue weighted by molar-refractivity contribution is 6.03. The first-order valence-electron chi connectivity index (χ1n) is 6.32. The highest BCUT2D eigenvalue weighted by Crippen LogP contribution is 2.11. The number of carbonyl (C=O) groups excluding carboxylic acids is 2. The van der Waals surface area contributed by atoms with Crippen molar-refractivity contribution in [2.45, 2.75) is 13.3 Å². The maximum Gasteiger partial charge on any atom is 0.256 e. The molecule has 1 aromatic carbocycles. The second kappa shape index (κ2) is 6.47. The number of carbonyl (C=O) groups is 2. The quantitative estimate of drug-likeness (QED) is 0.896. The van der Waals surface area contributed by atoms with E-state index in [1.807, 2.05) is 6.07 Å². The molecule has 2 aromatic rings. The Balaban J connectivity index is 2.08. The average molecular weight is 269 g/mol. The Morgan fingerprint density at radius 1 is 0.950 bits per heavy atom. The molecule has 2 amide bonds. The molecule has 0 bridgehead atoms. The zero-order chi connectivity index (χ0) is 14.4. The summed E-state index contributed by atoms with van der Waals surface area (Å²) in [6, 6.07) is 13.9. The van der Waals surface area contributed by atoms with E-state index in [0.29, 0.717) is 23.6 Å². The first-order valence-corrected chi connectivity index (χ1v) is 6.32. The molecule has 0 radical (unpaired) electrons. The van der Waals surface area contributed by atoms with Crippen molar-refractivity contribution in [1.29, 1.82) is 0 Å². The van der Waals surface area contributed by atoms with Crippen LogP contribution in [0.15, 0.2) is 48.5 Å². The van der Waals surface area contributed by atoms with Gasteiger partial charge in [-0.25, -0.2) is 4.98 Å². The van der Waals surface area contributed by atoms with E-state index in [-0.39, 0.29) is 11.8 Å². The highest BCUT2D eigenvalue weighted by Gasteiger charge is 2.07. The summed E-state index contributed by atoms with van der Waals surface area (Å²) in [5.41, 5.74) is 0.553. The van der Waals surface area contributed by atoms with Gasteiger partial charge in [0.05, 0.1) is 0 Å². The summed E-state index contributed by atoms with van der Waals surface area (Å²) in [7, 11) is 0. The lowest BCUT2D eigenvalue weighted by molar-refractivity contribution is -0.115. The third-order valence-electron chi connectivity index (χ3n) is 2.62. The molecule has 0 spiro atoms. The molecule has 5 heteroatoms. The second-order valence-electron chi connectivity index (χ2n) is 4.13. The molecule has 5 nitrogen and oxygen atoms in total. The lowest BCUT2D eigenvalue weighted by atomic mass is 10.2. The molecule has 20 heavy (non-hydrogen) atoms. The topological polar surface area (TPSA) is 71.1 Å². The van der Waals surface area contributed by atoms with Crippen molar-refractivity contribution in [3.8, 4) is 0 Å². The van der Waals surface area contributed by atoms with Gasteiger partial charge in [-0.05, 0) is 24.3 Å². The van der Waals surface area contributed by atoms with E-state index in [4.69, 9.17) is 0 Å². The van der Waals surface area contributed by atoms with Crippen molar-refractivity contribution in [2.75, 3.05) is 10.6 Å². The van der Waals surface area contributed by atoms with Crippen LogP contribution >= 0.6 is 0 Å². The molecule has 0 saturated carbocycles. The van der Waals surface area contributed by atoms with Gasteiger partial charge in [-0.3, -0.25) is 9.59 Å². The molecular weight excluding hydrogens is 254 g/mol. The van der Waals surface area contributed by atoms with E-state index in [1.165, 1.54) is 0 Å². The van der Waals surface area contributed by atoms with E-state index in [0.717, 1.165) is 0 Å². The Morgan fingerprint density at radius 2 is 1.60 bits per heavy atom. The zero-order valence-electron chi connectivity index (χ0n) is 11.1. The maximum absolute atomic E-state index is 12.0. The monoisotopic (exact) mass is 269 g/mol. The Kier molecular flexibility index (Phi) is 4.44. The van der Waals surface area contributed by atoms with Gasteiger partial charge < -0.3 is 10.6 Å². The third kappa shape index (κ3) is 3.65. The summed E-state index contributed by atoms with van der Waals surface area (Å²) >= 11 is 0. The Bertz CT molecular complexity index is 612. The number of hydrogen-bond acceptors (Lipinski definition) is 3. The highest BCUT2D eigenvalue weighted by atomic mass is 16.2. The SMILES string of the molecule is CCC(=O)Nc1cccc(NC(=O)c2ccccc2)n1. The molecule has 0 aliphatic carbocycles. The minimum atomic E-state index is -0.239. The molecule has 0 aliphatic rings. The first-order chi connectivity index (χ1) is 9.69. The zero-order valence-corrected chi connectivity index (χ0v) is 11.1. The number of hydrogen-bond donors (Lipinski definition) is 2. The van der Waals surface area contributed by atoms with Gasteiger partial charge in [-0.15, -0.1) is 0 Å². The molecule has 0 saturated heterocycles.